The highest BCUT2D eigenvalue weighted by atomic mass is 35.5. The minimum Gasteiger partial charge on any atom is -0.461 e. The van der Waals surface area contributed by atoms with E-state index in [4.69, 9.17) is 27.6 Å². The van der Waals surface area contributed by atoms with Crippen LogP contribution in [-0.2, 0) is 5.75 Å². The number of thiazole rings is 1. The number of thioether (sulfide) groups is 1. The number of furan rings is 1. The maximum Gasteiger partial charge on any atom is 0.273 e. The van der Waals surface area contributed by atoms with E-state index in [0.717, 1.165) is 5.01 Å². The number of aromatic nitrogens is 4. The SMILES string of the molecule is CCN(CC)C(=O)c1csc(CSc2nnc(-c3ccco3)n2-c2cc(Cl)ccc2Cl)n1. The van der Waals surface area contributed by atoms with Gasteiger partial charge in [-0.05, 0) is 44.2 Å². The number of carbonyl (C=O) groups is 1. The lowest BCUT2D eigenvalue weighted by molar-refractivity contribution is 0.0768. The number of halogens is 2. The molecule has 0 saturated heterocycles. The minimum atomic E-state index is -0.0588. The van der Waals surface area contributed by atoms with Crippen molar-refractivity contribution >= 4 is 52.2 Å². The van der Waals surface area contributed by atoms with E-state index >= 15 is 0 Å². The Balaban J connectivity index is 1.63. The maximum atomic E-state index is 12.5. The summed E-state index contributed by atoms with van der Waals surface area (Å²) in [7, 11) is 0. The van der Waals surface area contributed by atoms with Gasteiger partial charge in [0.1, 0.15) is 10.7 Å². The summed E-state index contributed by atoms with van der Waals surface area (Å²) < 4.78 is 7.35. The molecule has 1 amide bonds. The summed E-state index contributed by atoms with van der Waals surface area (Å²) in [4.78, 5) is 18.8. The lowest BCUT2D eigenvalue weighted by Crippen LogP contribution is -2.30. The van der Waals surface area contributed by atoms with Crippen LogP contribution in [-0.4, -0.2) is 43.6 Å². The Morgan fingerprint density at radius 1 is 1.22 bits per heavy atom. The second-order valence-electron chi connectivity index (χ2n) is 6.61. The molecule has 4 aromatic rings. The number of benzene rings is 1. The van der Waals surface area contributed by atoms with Crippen molar-refractivity contribution in [1.82, 2.24) is 24.6 Å². The topological polar surface area (TPSA) is 77.0 Å². The molecule has 11 heteroatoms. The Hall–Kier alpha value is -2.33. The second kappa shape index (κ2) is 10.1. The minimum absolute atomic E-state index is 0.0588. The third-order valence-corrected chi connectivity index (χ3v) is 7.20. The number of carbonyl (C=O) groups excluding carboxylic acids is 1. The van der Waals surface area contributed by atoms with Gasteiger partial charge in [0.05, 0.1) is 22.7 Å². The van der Waals surface area contributed by atoms with E-state index < -0.39 is 0 Å². The molecule has 1 aromatic carbocycles. The van der Waals surface area contributed by atoms with Gasteiger partial charge >= 0.3 is 0 Å². The predicted molar refractivity (Wildman–Crippen MR) is 128 cm³/mol. The summed E-state index contributed by atoms with van der Waals surface area (Å²) in [5.74, 6) is 1.53. The van der Waals surface area contributed by atoms with Gasteiger partial charge in [0.25, 0.3) is 5.91 Å². The van der Waals surface area contributed by atoms with Gasteiger partial charge < -0.3 is 9.32 Å². The van der Waals surface area contributed by atoms with Crippen molar-refractivity contribution < 1.29 is 9.21 Å². The Kier molecular flexibility index (Phi) is 7.20. The molecular weight excluding hydrogens is 489 g/mol. The van der Waals surface area contributed by atoms with Gasteiger partial charge in [-0.2, -0.15) is 0 Å². The van der Waals surface area contributed by atoms with Gasteiger partial charge in [-0.3, -0.25) is 9.36 Å². The van der Waals surface area contributed by atoms with Gasteiger partial charge in [0, 0.05) is 23.5 Å². The van der Waals surface area contributed by atoms with Gasteiger partial charge in [0.2, 0.25) is 5.82 Å². The molecule has 0 spiro atoms. The van der Waals surface area contributed by atoms with Crippen LogP contribution in [0.1, 0.15) is 29.3 Å². The molecule has 0 fully saturated rings. The Labute approximate surface area is 203 Å². The molecule has 0 saturated carbocycles. The van der Waals surface area contributed by atoms with E-state index in [-0.39, 0.29) is 5.91 Å². The van der Waals surface area contributed by atoms with Crippen molar-refractivity contribution in [3.63, 3.8) is 0 Å². The Morgan fingerprint density at radius 3 is 2.75 bits per heavy atom. The van der Waals surface area contributed by atoms with Crippen LogP contribution in [0.5, 0.6) is 0 Å². The molecular formula is C21H19Cl2N5O2S2. The highest BCUT2D eigenvalue weighted by Gasteiger charge is 2.21. The first-order valence-electron chi connectivity index (χ1n) is 9.83. The largest absolute Gasteiger partial charge is 0.461 e. The van der Waals surface area contributed by atoms with Gasteiger partial charge in [-0.15, -0.1) is 21.5 Å². The molecule has 0 aliphatic heterocycles. The van der Waals surface area contributed by atoms with E-state index in [2.05, 4.69) is 15.2 Å². The molecule has 0 N–H and O–H groups in total. The Bertz CT molecular complexity index is 1220. The number of nitrogens with zero attached hydrogens (tertiary/aromatic N) is 5. The fraction of sp³-hybridized carbons (Fsp3) is 0.238. The molecule has 32 heavy (non-hydrogen) atoms. The summed E-state index contributed by atoms with van der Waals surface area (Å²) in [6.45, 7) is 5.20. The molecule has 0 atom stereocenters. The summed E-state index contributed by atoms with van der Waals surface area (Å²) in [5.41, 5.74) is 1.11. The average Bonchev–Trinajstić information content (AvgIpc) is 3.55. The molecule has 3 aromatic heterocycles. The summed E-state index contributed by atoms with van der Waals surface area (Å²) in [6, 6.07) is 8.80. The molecule has 0 unspecified atom stereocenters. The molecule has 0 aliphatic rings. The fourth-order valence-corrected chi connectivity index (χ4v) is 5.18. The van der Waals surface area contributed by atoms with Crippen LogP contribution in [0.25, 0.3) is 17.3 Å². The maximum absolute atomic E-state index is 12.5. The number of amides is 1. The summed E-state index contributed by atoms with van der Waals surface area (Å²) in [5, 5.41) is 12.9. The normalized spacial score (nSPS) is 11.1. The number of hydrogen-bond acceptors (Lipinski definition) is 7. The van der Waals surface area contributed by atoms with Crippen molar-refractivity contribution in [2.24, 2.45) is 0 Å². The van der Waals surface area contributed by atoms with Crippen LogP contribution in [0.3, 0.4) is 0 Å². The molecule has 7 nitrogen and oxygen atoms in total. The molecule has 0 radical (unpaired) electrons. The van der Waals surface area contributed by atoms with E-state index in [9.17, 15) is 4.79 Å². The van der Waals surface area contributed by atoms with Crippen LogP contribution in [0, 0.1) is 0 Å². The smallest absolute Gasteiger partial charge is 0.273 e. The summed E-state index contributed by atoms with van der Waals surface area (Å²) >= 11 is 15.6. The highest BCUT2D eigenvalue weighted by Crippen LogP contribution is 2.34. The highest BCUT2D eigenvalue weighted by molar-refractivity contribution is 7.98. The molecule has 3 heterocycles. The van der Waals surface area contributed by atoms with Crippen molar-refractivity contribution in [2.75, 3.05) is 13.1 Å². The lowest BCUT2D eigenvalue weighted by Gasteiger charge is -2.16. The third kappa shape index (κ3) is 4.71. The van der Waals surface area contributed by atoms with E-state index in [0.29, 0.717) is 57.0 Å². The average molecular weight is 508 g/mol. The van der Waals surface area contributed by atoms with Crippen LogP contribution < -0.4 is 0 Å². The van der Waals surface area contributed by atoms with Crippen molar-refractivity contribution in [3.8, 4) is 17.3 Å². The monoisotopic (exact) mass is 507 g/mol. The van der Waals surface area contributed by atoms with Crippen molar-refractivity contribution in [1.29, 1.82) is 0 Å². The zero-order valence-corrected chi connectivity index (χ0v) is 20.4. The lowest BCUT2D eigenvalue weighted by atomic mass is 10.3. The predicted octanol–water partition coefficient (Wildman–Crippen LogP) is 6.06. The quantitative estimate of drug-likeness (QED) is 0.269. The van der Waals surface area contributed by atoms with E-state index in [1.54, 1.807) is 46.9 Å². The third-order valence-electron chi connectivity index (χ3n) is 4.67. The van der Waals surface area contributed by atoms with Gasteiger partial charge in [0.15, 0.2) is 10.9 Å². The molecule has 166 valence electrons. The zero-order chi connectivity index (χ0) is 22.7. The van der Waals surface area contributed by atoms with Crippen LogP contribution in [0.15, 0.2) is 51.5 Å². The Morgan fingerprint density at radius 2 is 2.03 bits per heavy atom. The van der Waals surface area contributed by atoms with Crippen molar-refractivity contribution in [2.45, 2.75) is 24.8 Å². The fourth-order valence-electron chi connectivity index (χ4n) is 3.08. The van der Waals surface area contributed by atoms with Gasteiger partial charge in [-0.25, -0.2) is 4.98 Å². The van der Waals surface area contributed by atoms with E-state index in [1.807, 2.05) is 18.4 Å². The first-order valence-corrected chi connectivity index (χ1v) is 12.4. The first-order chi connectivity index (χ1) is 15.5. The summed E-state index contributed by atoms with van der Waals surface area (Å²) in [6.07, 6.45) is 1.57. The number of rotatable bonds is 8. The zero-order valence-electron chi connectivity index (χ0n) is 17.3. The van der Waals surface area contributed by atoms with Crippen LogP contribution >= 0.6 is 46.3 Å². The van der Waals surface area contributed by atoms with Crippen LogP contribution in [0.2, 0.25) is 10.0 Å². The number of hydrogen-bond donors (Lipinski definition) is 0. The second-order valence-corrected chi connectivity index (χ2v) is 9.34. The van der Waals surface area contributed by atoms with Crippen LogP contribution in [0.4, 0.5) is 0 Å². The standard InChI is InChI=1S/C21H19Cl2N5O2S2/c1-3-27(4-2)20(29)15-11-31-18(24-15)12-32-21-26-25-19(17-6-5-9-30-17)28(21)16-10-13(22)7-8-14(16)23/h5-11H,3-4,12H2,1-2H3. The van der Waals surface area contributed by atoms with E-state index in [1.165, 1.54) is 23.1 Å². The van der Waals surface area contributed by atoms with Crippen molar-refractivity contribution in [3.05, 3.63) is 62.7 Å². The molecule has 4 rings (SSSR count). The molecule has 0 bridgehead atoms. The van der Waals surface area contributed by atoms with Gasteiger partial charge in [-0.1, -0.05) is 35.0 Å². The first kappa shape index (κ1) is 22.8. The molecule has 0 aliphatic carbocycles.